The minimum Gasteiger partial charge on any atom is -0.126 e. The molecule has 0 nitrogen and oxygen atoms in total. The number of hydrogen-bond donors (Lipinski definition) is 0. The summed E-state index contributed by atoms with van der Waals surface area (Å²) >= 11 is 18.7. The van der Waals surface area contributed by atoms with Gasteiger partial charge in [0.1, 0.15) is 0 Å². The highest BCUT2D eigenvalue weighted by Gasteiger charge is 2.43. The van der Waals surface area contributed by atoms with Crippen LogP contribution in [0.4, 0.5) is 0 Å². The summed E-state index contributed by atoms with van der Waals surface area (Å²) in [7, 11) is 0. The van der Waals surface area contributed by atoms with Crippen LogP contribution in [0.1, 0.15) is 40.0 Å². The number of allylic oxidation sites excluding steroid dienone is 2. The molecule has 1 aliphatic rings. The molecule has 0 N–H and O–H groups in total. The van der Waals surface area contributed by atoms with Crippen LogP contribution in [-0.4, -0.2) is 6.00 Å². The minimum atomic E-state index is -2.58. The van der Waals surface area contributed by atoms with Crippen LogP contribution < -0.4 is 0 Å². The SMILES string of the molecule is CC(C)(C)CC(C1CC=CC1)[Si](Cl)(Cl)Cl. The summed E-state index contributed by atoms with van der Waals surface area (Å²) in [5.74, 6) is 0.559. The Kier molecular flexibility index (Phi) is 4.62. The normalized spacial score (nSPS) is 20.9. The Balaban J connectivity index is 2.70. The summed E-state index contributed by atoms with van der Waals surface area (Å²) in [5, 5.41) is 0. The molecule has 1 unspecified atom stereocenters. The molecule has 0 spiro atoms. The highest BCUT2D eigenvalue weighted by Crippen LogP contribution is 2.49. The molecule has 1 aliphatic carbocycles. The summed E-state index contributed by atoms with van der Waals surface area (Å²) in [4.78, 5) is 0. The minimum absolute atomic E-state index is 0.240. The van der Waals surface area contributed by atoms with Gasteiger partial charge in [0.25, 0.3) is 0 Å². The van der Waals surface area contributed by atoms with E-state index in [1.54, 1.807) is 0 Å². The van der Waals surface area contributed by atoms with E-state index < -0.39 is 6.00 Å². The van der Waals surface area contributed by atoms with Crippen molar-refractivity contribution >= 4 is 39.2 Å². The third-order valence-corrected chi connectivity index (χ3v) is 6.91. The Bertz CT molecular complexity index is 229. The van der Waals surface area contributed by atoms with Gasteiger partial charge in [-0.15, -0.1) is 33.2 Å². The van der Waals surface area contributed by atoms with E-state index in [4.69, 9.17) is 33.2 Å². The van der Waals surface area contributed by atoms with Gasteiger partial charge < -0.3 is 0 Å². The van der Waals surface area contributed by atoms with Crippen LogP contribution >= 0.6 is 33.2 Å². The number of halogens is 3. The van der Waals surface area contributed by atoms with Crippen molar-refractivity contribution < 1.29 is 0 Å². The lowest BCUT2D eigenvalue weighted by Crippen LogP contribution is -2.29. The highest BCUT2D eigenvalue weighted by molar-refractivity contribution is 7.65. The lowest BCUT2D eigenvalue weighted by atomic mass is 9.85. The fourth-order valence-electron chi connectivity index (χ4n) is 2.18. The van der Waals surface area contributed by atoms with Gasteiger partial charge in [0, 0.05) is 0 Å². The van der Waals surface area contributed by atoms with Crippen LogP contribution in [-0.2, 0) is 0 Å². The molecule has 0 aromatic carbocycles. The van der Waals surface area contributed by atoms with Gasteiger partial charge in [0.15, 0.2) is 0 Å². The van der Waals surface area contributed by atoms with E-state index in [-0.39, 0.29) is 11.0 Å². The van der Waals surface area contributed by atoms with Gasteiger partial charge >= 0.3 is 6.00 Å². The molecule has 0 aliphatic heterocycles. The maximum atomic E-state index is 6.23. The van der Waals surface area contributed by atoms with E-state index in [1.165, 1.54) is 0 Å². The van der Waals surface area contributed by atoms with Crippen molar-refractivity contribution in [2.75, 3.05) is 0 Å². The first-order chi connectivity index (χ1) is 6.70. The van der Waals surface area contributed by atoms with Crippen molar-refractivity contribution in [3.05, 3.63) is 12.2 Å². The number of hydrogen-bond acceptors (Lipinski definition) is 0. The van der Waals surface area contributed by atoms with E-state index in [9.17, 15) is 0 Å². The zero-order valence-electron chi connectivity index (χ0n) is 9.56. The summed E-state index contributed by atoms with van der Waals surface area (Å²) < 4.78 is 0. The second-order valence-corrected chi connectivity index (χ2v) is 14.5. The number of rotatable bonds is 3. The standard InChI is InChI=1S/C11H19Cl3Si/c1-11(2,3)8-10(15(12,13)14)9-6-4-5-7-9/h4-5,9-10H,6-8H2,1-3H3. The predicted molar refractivity (Wildman–Crippen MR) is 73.0 cm³/mol. The van der Waals surface area contributed by atoms with Gasteiger partial charge in [-0.3, -0.25) is 0 Å². The molecule has 0 heterocycles. The zero-order valence-corrected chi connectivity index (χ0v) is 12.8. The Morgan fingerprint density at radius 3 is 2.00 bits per heavy atom. The fourth-order valence-corrected chi connectivity index (χ4v) is 6.12. The van der Waals surface area contributed by atoms with Crippen molar-refractivity contribution in [3.63, 3.8) is 0 Å². The van der Waals surface area contributed by atoms with E-state index in [2.05, 4.69) is 32.9 Å². The molecule has 0 bridgehead atoms. The largest absolute Gasteiger partial charge is 0.344 e. The molecule has 4 heteroatoms. The third-order valence-electron chi connectivity index (χ3n) is 2.87. The first kappa shape index (κ1) is 13.9. The van der Waals surface area contributed by atoms with Crippen LogP contribution in [0, 0.1) is 11.3 Å². The fraction of sp³-hybridized carbons (Fsp3) is 0.818. The average molecular weight is 286 g/mol. The zero-order chi connectivity index (χ0) is 11.7. The lowest BCUT2D eigenvalue weighted by molar-refractivity contribution is 0.325. The quantitative estimate of drug-likeness (QED) is 0.369. The molecule has 1 rings (SSSR count). The molecule has 1 atom stereocenters. The monoisotopic (exact) mass is 284 g/mol. The summed E-state index contributed by atoms with van der Waals surface area (Å²) in [5.41, 5.74) is 0.530. The Morgan fingerprint density at radius 1 is 1.20 bits per heavy atom. The van der Waals surface area contributed by atoms with Gasteiger partial charge in [0.05, 0.1) is 0 Å². The third kappa shape index (κ3) is 4.68. The maximum absolute atomic E-state index is 6.23. The first-order valence-corrected chi connectivity index (χ1v) is 10.5. The topological polar surface area (TPSA) is 0 Å². The van der Waals surface area contributed by atoms with Crippen LogP contribution in [0.15, 0.2) is 12.2 Å². The Labute approximate surface area is 108 Å². The van der Waals surface area contributed by atoms with Crippen molar-refractivity contribution in [1.82, 2.24) is 0 Å². The van der Waals surface area contributed by atoms with Crippen molar-refractivity contribution in [2.24, 2.45) is 11.3 Å². The van der Waals surface area contributed by atoms with Gasteiger partial charge in [-0.1, -0.05) is 32.9 Å². The molecule has 0 amide bonds. The van der Waals surface area contributed by atoms with Crippen LogP contribution in [0.3, 0.4) is 0 Å². The van der Waals surface area contributed by atoms with Gasteiger partial charge in [0.2, 0.25) is 0 Å². The van der Waals surface area contributed by atoms with Crippen LogP contribution in [0.25, 0.3) is 0 Å². The van der Waals surface area contributed by atoms with Crippen molar-refractivity contribution in [2.45, 2.75) is 45.6 Å². The Morgan fingerprint density at radius 2 is 1.67 bits per heavy atom. The second-order valence-electron chi connectivity index (χ2n) is 5.62. The van der Waals surface area contributed by atoms with Gasteiger partial charge in [-0.25, -0.2) is 0 Å². The Hall–Kier alpha value is 0.827. The van der Waals surface area contributed by atoms with E-state index in [0.717, 1.165) is 19.3 Å². The molecular formula is C11H19Cl3Si. The van der Waals surface area contributed by atoms with Crippen molar-refractivity contribution in [3.8, 4) is 0 Å². The smallest absolute Gasteiger partial charge is 0.126 e. The van der Waals surface area contributed by atoms with E-state index >= 15 is 0 Å². The second kappa shape index (κ2) is 4.99. The molecule has 0 saturated carbocycles. The molecule has 0 saturated heterocycles. The summed E-state index contributed by atoms with van der Waals surface area (Å²) in [6.07, 6.45) is 7.61. The van der Waals surface area contributed by atoms with Crippen LogP contribution in [0.2, 0.25) is 5.54 Å². The van der Waals surface area contributed by atoms with Crippen molar-refractivity contribution in [1.29, 1.82) is 0 Å². The lowest BCUT2D eigenvalue weighted by Gasteiger charge is -2.33. The summed E-state index contributed by atoms with van der Waals surface area (Å²) in [6.45, 7) is 6.65. The molecule has 0 aromatic heterocycles. The highest BCUT2D eigenvalue weighted by atomic mass is 35.8. The van der Waals surface area contributed by atoms with Gasteiger partial charge in [-0.2, -0.15) is 0 Å². The van der Waals surface area contributed by atoms with E-state index in [0.29, 0.717) is 5.92 Å². The average Bonchev–Trinajstić information content (AvgIpc) is 2.47. The first-order valence-electron chi connectivity index (χ1n) is 5.42. The van der Waals surface area contributed by atoms with Gasteiger partial charge in [-0.05, 0) is 36.1 Å². The predicted octanol–water partition coefficient (Wildman–Crippen LogP) is 5.41. The molecule has 0 radical (unpaired) electrons. The molecule has 0 fully saturated rings. The van der Waals surface area contributed by atoms with E-state index in [1.807, 2.05) is 0 Å². The maximum Gasteiger partial charge on any atom is 0.344 e. The molecular weight excluding hydrogens is 267 g/mol. The summed E-state index contributed by atoms with van der Waals surface area (Å²) in [6, 6.07) is -2.58. The molecule has 0 aromatic rings. The molecule has 15 heavy (non-hydrogen) atoms. The van der Waals surface area contributed by atoms with Crippen LogP contribution in [0.5, 0.6) is 0 Å². The molecule has 88 valence electrons.